The van der Waals surface area contributed by atoms with E-state index < -0.39 is 8.32 Å². The standard InChI is InChI=1S/C14H23ClOSi/c1-17(2,14-10-6-5-7-11-14)16-13-9-4-3-8-12-15/h5-7,10-11H,3-4,8-9,12-13H2,1-2H3. The van der Waals surface area contributed by atoms with Crippen LogP contribution in [-0.4, -0.2) is 20.8 Å². The van der Waals surface area contributed by atoms with Crippen LogP contribution in [0, 0.1) is 0 Å². The number of unbranched alkanes of at least 4 members (excludes halogenated alkanes) is 3. The fourth-order valence-corrected chi connectivity index (χ4v) is 3.81. The fourth-order valence-electron chi connectivity index (χ4n) is 1.80. The van der Waals surface area contributed by atoms with Gasteiger partial charge in [-0.3, -0.25) is 0 Å². The van der Waals surface area contributed by atoms with Crippen LogP contribution < -0.4 is 5.19 Å². The minimum absolute atomic E-state index is 0.783. The summed E-state index contributed by atoms with van der Waals surface area (Å²) in [4.78, 5) is 0. The second-order valence-corrected chi connectivity index (χ2v) is 9.09. The van der Waals surface area contributed by atoms with E-state index in [0.29, 0.717) is 0 Å². The highest BCUT2D eigenvalue weighted by atomic mass is 35.5. The molecule has 0 bridgehead atoms. The fraction of sp³-hybridized carbons (Fsp3) is 0.571. The van der Waals surface area contributed by atoms with Crippen LogP contribution in [-0.2, 0) is 4.43 Å². The van der Waals surface area contributed by atoms with Gasteiger partial charge >= 0.3 is 0 Å². The highest BCUT2D eigenvalue weighted by Gasteiger charge is 2.24. The van der Waals surface area contributed by atoms with Crippen LogP contribution in [0.5, 0.6) is 0 Å². The quantitative estimate of drug-likeness (QED) is 0.395. The Labute approximate surface area is 111 Å². The summed E-state index contributed by atoms with van der Waals surface area (Å²) in [7, 11) is -1.67. The lowest BCUT2D eigenvalue weighted by atomic mass is 10.2. The number of rotatable bonds is 8. The van der Waals surface area contributed by atoms with E-state index in [1.807, 2.05) is 0 Å². The van der Waals surface area contributed by atoms with Crippen LogP contribution in [0.2, 0.25) is 13.1 Å². The first-order valence-corrected chi connectivity index (χ1v) is 9.86. The summed E-state index contributed by atoms with van der Waals surface area (Å²) in [5.74, 6) is 0.783. The molecule has 1 rings (SSSR count). The minimum Gasteiger partial charge on any atom is -0.413 e. The van der Waals surface area contributed by atoms with Crippen molar-refractivity contribution in [2.45, 2.75) is 38.8 Å². The molecule has 0 N–H and O–H groups in total. The van der Waals surface area contributed by atoms with Crippen molar-refractivity contribution in [1.82, 2.24) is 0 Å². The molecule has 0 saturated carbocycles. The van der Waals surface area contributed by atoms with Crippen molar-refractivity contribution in [3.05, 3.63) is 30.3 Å². The molecule has 1 aromatic carbocycles. The molecule has 17 heavy (non-hydrogen) atoms. The van der Waals surface area contributed by atoms with Crippen molar-refractivity contribution in [1.29, 1.82) is 0 Å². The SMILES string of the molecule is C[Si](C)(OCCCCCCCl)c1ccccc1. The lowest BCUT2D eigenvalue weighted by Gasteiger charge is -2.23. The number of hydrogen-bond donors (Lipinski definition) is 0. The average molecular weight is 271 g/mol. The van der Waals surface area contributed by atoms with Gasteiger partial charge in [-0.1, -0.05) is 43.2 Å². The summed E-state index contributed by atoms with van der Waals surface area (Å²) in [6.07, 6.45) is 4.73. The molecule has 0 radical (unpaired) electrons. The molecule has 0 saturated heterocycles. The van der Waals surface area contributed by atoms with Gasteiger partial charge in [0, 0.05) is 12.5 Å². The zero-order valence-electron chi connectivity index (χ0n) is 10.9. The zero-order valence-corrected chi connectivity index (χ0v) is 12.7. The monoisotopic (exact) mass is 270 g/mol. The first kappa shape index (κ1) is 14.7. The van der Waals surface area contributed by atoms with Crippen molar-refractivity contribution in [3.8, 4) is 0 Å². The van der Waals surface area contributed by atoms with Gasteiger partial charge in [0.15, 0.2) is 0 Å². The van der Waals surface area contributed by atoms with Crippen LogP contribution in [0.1, 0.15) is 25.7 Å². The van der Waals surface area contributed by atoms with Crippen LogP contribution in [0.3, 0.4) is 0 Å². The van der Waals surface area contributed by atoms with E-state index in [4.69, 9.17) is 16.0 Å². The molecule has 96 valence electrons. The molecule has 1 nitrogen and oxygen atoms in total. The Bertz CT molecular complexity index is 300. The number of halogens is 1. The maximum atomic E-state index is 6.10. The van der Waals surface area contributed by atoms with Gasteiger partial charge in [-0.25, -0.2) is 0 Å². The number of alkyl halides is 1. The van der Waals surface area contributed by atoms with E-state index in [1.165, 1.54) is 18.0 Å². The third-order valence-electron chi connectivity index (χ3n) is 2.96. The Morgan fingerprint density at radius 3 is 2.29 bits per heavy atom. The average Bonchev–Trinajstić information content (AvgIpc) is 2.35. The topological polar surface area (TPSA) is 9.23 Å². The molecule has 0 aromatic heterocycles. The van der Waals surface area contributed by atoms with Gasteiger partial charge in [-0.15, -0.1) is 11.6 Å². The summed E-state index contributed by atoms with van der Waals surface area (Å²) < 4.78 is 6.10. The van der Waals surface area contributed by atoms with E-state index in [0.717, 1.165) is 25.3 Å². The molecule has 0 fully saturated rings. The van der Waals surface area contributed by atoms with Crippen LogP contribution in [0.15, 0.2) is 30.3 Å². The predicted octanol–water partition coefficient (Wildman–Crippen LogP) is 3.91. The van der Waals surface area contributed by atoms with Gasteiger partial charge in [0.2, 0.25) is 8.32 Å². The molecule has 0 heterocycles. The lowest BCUT2D eigenvalue weighted by molar-refractivity contribution is 0.303. The highest BCUT2D eigenvalue weighted by Crippen LogP contribution is 2.08. The molecular weight excluding hydrogens is 248 g/mol. The van der Waals surface area contributed by atoms with Crippen molar-refractivity contribution in [2.24, 2.45) is 0 Å². The van der Waals surface area contributed by atoms with Crippen molar-refractivity contribution in [3.63, 3.8) is 0 Å². The van der Waals surface area contributed by atoms with Gasteiger partial charge in [0.1, 0.15) is 0 Å². The summed E-state index contributed by atoms with van der Waals surface area (Å²) in [5, 5.41) is 1.38. The molecule has 0 spiro atoms. The van der Waals surface area contributed by atoms with Crippen LogP contribution in [0.4, 0.5) is 0 Å². The molecule has 3 heteroatoms. The van der Waals surface area contributed by atoms with Gasteiger partial charge in [-0.2, -0.15) is 0 Å². The van der Waals surface area contributed by atoms with E-state index >= 15 is 0 Å². The van der Waals surface area contributed by atoms with E-state index in [9.17, 15) is 0 Å². The lowest BCUT2D eigenvalue weighted by Crippen LogP contribution is -2.44. The first-order chi connectivity index (χ1) is 8.17. The summed E-state index contributed by atoms with van der Waals surface area (Å²) in [6.45, 7) is 5.42. The Morgan fingerprint density at radius 1 is 1.00 bits per heavy atom. The Balaban J connectivity index is 2.26. The van der Waals surface area contributed by atoms with Crippen molar-refractivity contribution in [2.75, 3.05) is 12.5 Å². The van der Waals surface area contributed by atoms with Crippen molar-refractivity contribution < 1.29 is 4.43 Å². The molecule has 0 atom stereocenters. The first-order valence-electron chi connectivity index (χ1n) is 6.42. The van der Waals surface area contributed by atoms with Crippen LogP contribution in [0.25, 0.3) is 0 Å². The maximum absolute atomic E-state index is 6.10. The van der Waals surface area contributed by atoms with Crippen LogP contribution >= 0.6 is 11.6 Å². The summed E-state index contributed by atoms with van der Waals surface area (Å²) in [5.41, 5.74) is 0. The minimum atomic E-state index is -1.67. The van der Waals surface area contributed by atoms with E-state index in [1.54, 1.807) is 0 Å². The largest absolute Gasteiger partial charge is 0.413 e. The third-order valence-corrected chi connectivity index (χ3v) is 5.88. The summed E-state index contributed by atoms with van der Waals surface area (Å²) in [6, 6.07) is 10.6. The Morgan fingerprint density at radius 2 is 1.65 bits per heavy atom. The molecule has 1 aromatic rings. The smallest absolute Gasteiger partial charge is 0.218 e. The molecule has 0 unspecified atom stereocenters. The third kappa shape index (κ3) is 5.71. The second-order valence-electron chi connectivity index (χ2n) is 4.83. The number of benzene rings is 1. The van der Waals surface area contributed by atoms with Gasteiger partial charge in [0.05, 0.1) is 0 Å². The van der Waals surface area contributed by atoms with E-state index in [2.05, 4.69) is 43.4 Å². The Kier molecular flexibility index (Phi) is 6.86. The normalized spacial score (nSPS) is 11.7. The highest BCUT2D eigenvalue weighted by molar-refractivity contribution is 6.84. The number of hydrogen-bond acceptors (Lipinski definition) is 1. The molecule has 0 aliphatic rings. The van der Waals surface area contributed by atoms with Gasteiger partial charge < -0.3 is 4.43 Å². The molecular formula is C14H23ClOSi. The molecule has 0 aliphatic carbocycles. The van der Waals surface area contributed by atoms with Crippen molar-refractivity contribution >= 4 is 25.1 Å². The summed E-state index contributed by atoms with van der Waals surface area (Å²) >= 11 is 5.64. The van der Waals surface area contributed by atoms with Gasteiger partial charge in [0.25, 0.3) is 0 Å². The van der Waals surface area contributed by atoms with Gasteiger partial charge in [-0.05, 0) is 31.1 Å². The molecule has 0 aliphatic heterocycles. The predicted molar refractivity (Wildman–Crippen MR) is 78.7 cm³/mol. The maximum Gasteiger partial charge on any atom is 0.218 e. The second kappa shape index (κ2) is 7.91. The van der Waals surface area contributed by atoms with E-state index in [-0.39, 0.29) is 0 Å². The molecule has 0 amide bonds. The Hall–Kier alpha value is -0.313. The zero-order chi connectivity index (χ0) is 12.6.